The molecule has 3 rings (SSSR count). The zero-order chi connectivity index (χ0) is 16.8. The Morgan fingerprint density at radius 2 is 1.96 bits per heavy atom. The number of hydrogen-bond donors (Lipinski definition) is 2. The molecule has 1 aliphatic rings. The molecule has 0 spiro atoms. The molecule has 136 valence electrons. The van der Waals surface area contributed by atoms with Gasteiger partial charge in [0, 0.05) is 10.3 Å². The zero-order valence-electron chi connectivity index (χ0n) is 14.5. The van der Waals surface area contributed by atoms with E-state index in [1.54, 1.807) is 7.11 Å². The Morgan fingerprint density at radius 3 is 2.64 bits per heavy atom. The summed E-state index contributed by atoms with van der Waals surface area (Å²) in [6.45, 7) is 0.738. The number of thiophene rings is 1. The molecule has 1 aromatic carbocycles. The van der Waals surface area contributed by atoms with Crippen LogP contribution in [-0.4, -0.2) is 19.6 Å². The highest BCUT2D eigenvalue weighted by Crippen LogP contribution is 2.41. The number of hydrogen-bond acceptors (Lipinski definition) is 3. The Bertz CT molecular complexity index is 682. The van der Waals surface area contributed by atoms with Gasteiger partial charge in [0.15, 0.2) is 5.96 Å². The molecule has 3 N–H and O–H groups in total. The van der Waals surface area contributed by atoms with E-state index < -0.39 is 0 Å². The Kier molecular flexibility index (Phi) is 7.56. The third-order valence-electron chi connectivity index (χ3n) is 4.78. The topological polar surface area (TPSA) is 59.6 Å². The SMILES string of the molecule is COc1ccccc1NC(N)=NCC1(c2cccs2)CCCCC1.I. The maximum absolute atomic E-state index is 6.15. The number of anilines is 1. The fourth-order valence-corrected chi connectivity index (χ4v) is 4.43. The second kappa shape index (κ2) is 9.43. The molecule has 1 aliphatic carbocycles. The van der Waals surface area contributed by atoms with Gasteiger partial charge in [-0.1, -0.05) is 37.5 Å². The second-order valence-corrected chi connectivity index (χ2v) is 7.29. The van der Waals surface area contributed by atoms with Crippen LogP contribution in [0.5, 0.6) is 5.75 Å². The van der Waals surface area contributed by atoms with E-state index in [1.807, 2.05) is 35.6 Å². The van der Waals surface area contributed by atoms with Gasteiger partial charge < -0.3 is 15.8 Å². The molecule has 0 saturated heterocycles. The van der Waals surface area contributed by atoms with Crippen LogP contribution in [0.15, 0.2) is 46.8 Å². The van der Waals surface area contributed by atoms with Crippen LogP contribution in [0.3, 0.4) is 0 Å². The van der Waals surface area contributed by atoms with Crippen LogP contribution in [0, 0.1) is 0 Å². The molecule has 0 aliphatic heterocycles. The number of aliphatic imine (C=N–C) groups is 1. The van der Waals surface area contributed by atoms with Crippen LogP contribution >= 0.6 is 35.3 Å². The number of para-hydroxylation sites is 2. The van der Waals surface area contributed by atoms with Gasteiger partial charge in [-0.25, -0.2) is 0 Å². The van der Waals surface area contributed by atoms with Gasteiger partial charge in [-0.15, -0.1) is 35.3 Å². The number of rotatable bonds is 5. The lowest BCUT2D eigenvalue weighted by Gasteiger charge is -2.35. The number of nitrogens with two attached hydrogens (primary N) is 1. The highest BCUT2D eigenvalue weighted by Gasteiger charge is 2.34. The van der Waals surface area contributed by atoms with E-state index in [1.165, 1.54) is 37.0 Å². The number of nitrogens with zero attached hydrogens (tertiary/aromatic N) is 1. The average Bonchev–Trinajstić information content (AvgIpc) is 3.17. The lowest BCUT2D eigenvalue weighted by Crippen LogP contribution is -2.33. The number of halogens is 1. The summed E-state index contributed by atoms with van der Waals surface area (Å²) in [7, 11) is 1.65. The normalized spacial score (nSPS) is 16.8. The molecule has 0 bridgehead atoms. The third-order valence-corrected chi connectivity index (χ3v) is 5.89. The van der Waals surface area contributed by atoms with Gasteiger partial charge in [0.2, 0.25) is 0 Å². The Morgan fingerprint density at radius 1 is 1.20 bits per heavy atom. The third kappa shape index (κ3) is 4.88. The molecule has 0 atom stereocenters. The van der Waals surface area contributed by atoms with E-state index in [0.29, 0.717) is 5.96 Å². The minimum atomic E-state index is 0. The fraction of sp³-hybridized carbons (Fsp3) is 0.421. The Balaban J connectivity index is 0.00000225. The maximum atomic E-state index is 6.15. The lowest BCUT2D eigenvalue weighted by atomic mass is 9.73. The molecule has 1 aromatic heterocycles. The van der Waals surface area contributed by atoms with Crippen LogP contribution in [0.2, 0.25) is 0 Å². The van der Waals surface area contributed by atoms with Gasteiger partial charge in [-0.2, -0.15) is 0 Å². The predicted molar refractivity (Wildman–Crippen MR) is 118 cm³/mol. The molecular weight excluding hydrogens is 445 g/mol. The number of methoxy groups -OCH3 is 1. The fourth-order valence-electron chi connectivity index (χ4n) is 3.45. The summed E-state index contributed by atoms with van der Waals surface area (Å²) < 4.78 is 5.35. The van der Waals surface area contributed by atoms with Crippen molar-refractivity contribution >= 4 is 47.0 Å². The first-order valence-corrected chi connectivity index (χ1v) is 9.35. The van der Waals surface area contributed by atoms with Gasteiger partial charge in [-0.3, -0.25) is 4.99 Å². The number of benzene rings is 1. The molecule has 2 aromatic rings. The highest BCUT2D eigenvalue weighted by molar-refractivity contribution is 14.0. The Labute approximate surface area is 170 Å². The van der Waals surface area contributed by atoms with Crippen LogP contribution in [0.25, 0.3) is 0 Å². The molecule has 0 radical (unpaired) electrons. The summed E-state index contributed by atoms with van der Waals surface area (Å²) in [6, 6.07) is 12.1. The summed E-state index contributed by atoms with van der Waals surface area (Å²) in [6.07, 6.45) is 6.25. The molecule has 1 fully saturated rings. The van der Waals surface area contributed by atoms with Gasteiger partial charge in [-0.05, 0) is 36.4 Å². The van der Waals surface area contributed by atoms with Crippen molar-refractivity contribution in [3.05, 3.63) is 46.7 Å². The molecule has 6 heteroatoms. The van der Waals surface area contributed by atoms with Crippen LogP contribution in [-0.2, 0) is 5.41 Å². The van der Waals surface area contributed by atoms with E-state index in [0.717, 1.165) is 18.0 Å². The number of nitrogens with one attached hydrogen (secondary N) is 1. The smallest absolute Gasteiger partial charge is 0.193 e. The first-order valence-electron chi connectivity index (χ1n) is 8.47. The van der Waals surface area contributed by atoms with Crippen molar-refractivity contribution in [2.75, 3.05) is 19.0 Å². The molecule has 0 unspecified atom stereocenters. The summed E-state index contributed by atoms with van der Waals surface area (Å²) in [5.41, 5.74) is 7.14. The van der Waals surface area contributed by atoms with Crippen molar-refractivity contribution in [3.63, 3.8) is 0 Å². The van der Waals surface area contributed by atoms with E-state index >= 15 is 0 Å². The molecule has 25 heavy (non-hydrogen) atoms. The van der Waals surface area contributed by atoms with Crippen molar-refractivity contribution in [3.8, 4) is 5.75 Å². The minimum absolute atomic E-state index is 0. The molecule has 4 nitrogen and oxygen atoms in total. The predicted octanol–water partition coefficient (Wildman–Crippen LogP) is 5.00. The van der Waals surface area contributed by atoms with Crippen LogP contribution < -0.4 is 15.8 Å². The van der Waals surface area contributed by atoms with Crippen molar-refractivity contribution in [2.24, 2.45) is 10.7 Å². The van der Waals surface area contributed by atoms with Crippen LogP contribution in [0.1, 0.15) is 37.0 Å². The quantitative estimate of drug-likeness (QED) is 0.367. The lowest BCUT2D eigenvalue weighted by molar-refractivity contribution is 0.307. The molecule has 1 saturated carbocycles. The van der Waals surface area contributed by atoms with Crippen LogP contribution in [0.4, 0.5) is 5.69 Å². The van der Waals surface area contributed by atoms with Gasteiger partial charge in [0.05, 0.1) is 19.3 Å². The van der Waals surface area contributed by atoms with E-state index in [4.69, 9.17) is 10.5 Å². The molecule has 1 heterocycles. The molecule has 0 amide bonds. The van der Waals surface area contributed by atoms with Crippen molar-refractivity contribution in [1.29, 1.82) is 0 Å². The molecular formula is C19H26IN3OS. The van der Waals surface area contributed by atoms with Gasteiger partial charge >= 0.3 is 0 Å². The highest BCUT2D eigenvalue weighted by atomic mass is 127. The maximum Gasteiger partial charge on any atom is 0.193 e. The van der Waals surface area contributed by atoms with Gasteiger partial charge in [0.25, 0.3) is 0 Å². The summed E-state index contributed by atoms with van der Waals surface area (Å²) in [4.78, 5) is 6.12. The van der Waals surface area contributed by atoms with E-state index in [9.17, 15) is 0 Å². The standard InChI is InChI=1S/C19H25N3OS.HI/c1-23-16-9-4-3-8-15(16)22-18(20)21-14-19(11-5-2-6-12-19)17-10-7-13-24-17;/h3-4,7-10,13H,2,5-6,11-12,14H2,1H3,(H3,20,21,22);1H. The summed E-state index contributed by atoms with van der Waals surface area (Å²) in [5.74, 6) is 1.21. The van der Waals surface area contributed by atoms with E-state index in [2.05, 4.69) is 27.8 Å². The first-order chi connectivity index (χ1) is 11.7. The Hall–Kier alpha value is -1.28. The largest absolute Gasteiger partial charge is 0.495 e. The van der Waals surface area contributed by atoms with Crippen molar-refractivity contribution < 1.29 is 4.74 Å². The van der Waals surface area contributed by atoms with Crippen molar-refractivity contribution in [2.45, 2.75) is 37.5 Å². The minimum Gasteiger partial charge on any atom is -0.495 e. The summed E-state index contributed by atoms with van der Waals surface area (Å²) in [5, 5.41) is 5.33. The number of ether oxygens (including phenoxy) is 1. The first kappa shape index (κ1) is 20.0. The average molecular weight is 471 g/mol. The van der Waals surface area contributed by atoms with Gasteiger partial charge in [0.1, 0.15) is 5.75 Å². The monoisotopic (exact) mass is 471 g/mol. The summed E-state index contributed by atoms with van der Waals surface area (Å²) >= 11 is 1.84. The zero-order valence-corrected chi connectivity index (χ0v) is 17.7. The van der Waals surface area contributed by atoms with Crippen molar-refractivity contribution in [1.82, 2.24) is 0 Å². The second-order valence-electron chi connectivity index (χ2n) is 6.35. The van der Waals surface area contributed by atoms with E-state index in [-0.39, 0.29) is 29.4 Å². The number of guanidine groups is 1.